The molecular formula is C11H18N2O2. The van der Waals surface area contributed by atoms with Crippen LogP contribution in [-0.2, 0) is 9.59 Å². The molecule has 2 amide bonds. The molecule has 0 aromatic heterocycles. The molecule has 0 atom stereocenters. The Morgan fingerprint density at radius 2 is 1.73 bits per heavy atom. The first-order chi connectivity index (χ1) is 7.15. The van der Waals surface area contributed by atoms with Crippen LogP contribution >= 0.6 is 0 Å². The quantitative estimate of drug-likeness (QED) is 0.647. The summed E-state index contributed by atoms with van der Waals surface area (Å²) < 4.78 is 0. The number of amides is 2. The van der Waals surface area contributed by atoms with Gasteiger partial charge in [0.25, 0.3) is 0 Å². The van der Waals surface area contributed by atoms with Crippen molar-refractivity contribution in [1.82, 2.24) is 9.80 Å². The van der Waals surface area contributed by atoms with Crippen molar-refractivity contribution in [2.75, 3.05) is 20.1 Å². The summed E-state index contributed by atoms with van der Waals surface area (Å²) in [6.45, 7) is 5.32. The number of rotatable bonds is 1. The van der Waals surface area contributed by atoms with Gasteiger partial charge >= 0.3 is 0 Å². The van der Waals surface area contributed by atoms with E-state index in [2.05, 4.69) is 6.58 Å². The van der Waals surface area contributed by atoms with Crippen molar-refractivity contribution in [3.05, 3.63) is 12.8 Å². The molecule has 2 saturated heterocycles. The standard InChI is InChI=1S/C6H9NO.C5H9NO/c1-2-7-5-3-4-6(7)8;1-6-4-2-3-5(6)7/h2H,1,3-5H2;2-4H2,1H3. The van der Waals surface area contributed by atoms with Crippen molar-refractivity contribution in [2.24, 2.45) is 0 Å². The van der Waals surface area contributed by atoms with E-state index in [1.54, 1.807) is 16.0 Å². The molecule has 0 N–H and O–H groups in total. The Labute approximate surface area is 90.5 Å². The van der Waals surface area contributed by atoms with Crippen molar-refractivity contribution < 1.29 is 9.59 Å². The maximum atomic E-state index is 10.7. The van der Waals surface area contributed by atoms with Gasteiger partial charge in [-0.2, -0.15) is 0 Å². The fourth-order valence-corrected chi connectivity index (χ4v) is 1.65. The average Bonchev–Trinajstić information content (AvgIpc) is 2.78. The van der Waals surface area contributed by atoms with Gasteiger partial charge in [-0.25, -0.2) is 0 Å². The maximum absolute atomic E-state index is 10.7. The summed E-state index contributed by atoms with van der Waals surface area (Å²) in [5.41, 5.74) is 0. The van der Waals surface area contributed by atoms with E-state index in [-0.39, 0.29) is 5.91 Å². The average molecular weight is 210 g/mol. The Bertz CT molecular complexity index is 263. The normalized spacial score (nSPS) is 20.3. The fourth-order valence-electron chi connectivity index (χ4n) is 1.65. The molecule has 2 aliphatic heterocycles. The SMILES string of the molecule is C=CN1CCCC1=O.CN1CCCC1=O. The van der Waals surface area contributed by atoms with Gasteiger partial charge in [0.15, 0.2) is 0 Å². The summed E-state index contributed by atoms with van der Waals surface area (Å²) in [6, 6.07) is 0. The molecule has 0 bridgehead atoms. The van der Waals surface area contributed by atoms with Gasteiger partial charge in [-0.3, -0.25) is 9.59 Å². The van der Waals surface area contributed by atoms with E-state index in [4.69, 9.17) is 0 Å². The van der Waals surface area contributed by atoms with Crippen molar-refractivity contribution >= 4 is 11.8 Å². The summed E-state index contributed by atoms with van der Waals surface area (Å²) >= 11 is 0. The molecule has 0 aromatic rings. The lowest BCUT2D eigenvalue weighted by Gasteiger charge is -2.05. The largest absolute Gasteiger partial charge is 0.346 e. The molecular weight excluding hydrogens is 192 g/mol. The minimum Gasteiger partial charge on any atom is -0.346 e. The smallest absolute Gasteiger partial charge is 0.226 e. The Balaban J connectivity index is 0.000000151. The third-order valence-corrected chi connectivity index (χ3v) is 2.64. The highest BCUT2D eigenvalue weighted by Gasteiger charge is 2.16. The lowest BCUT2D eigenvalue weighted by Crippen LogP contribution is -2.17. The lowest BCUT2D eigenvalue weighted by atomic mass is 10.4. The highest BCUT2D eigenvalue weighted by Crippen LogP contribution is 2.08. The Morgan fingerprint density at radius 1 is 1.13 bits per heavy atom. The van der Waals surface area contributed by atoms with Crippen LogP contribution in [-0.4, -0.2) is 41.8 Å². The van der Waals surface area contributed by atoms with Crippen LogP contribution in [0.15, 0.2) is 12.8 Å². The maximum Gasteiger partial charge on any atom is 0.226 e. The summed E-state index contributed by atoms with van der Waals surface area (Å²) in [5, 5.41) is 0. The minimum atomic E-state index is 0.208. The summed E-state index contributed by atoms with van der Waals surface area (Å²) in [5.74, 6) is 0.500. The first-order valence-electron chi connectivity index (χ1n) is 5.31. The third-order valence-electron chi connectivity index (χ3n) is 2.64. The highest BCUT2D eigenvalue weighted by atomic mass is 16.2. The number of carbonyl (C=O) groups is 2. The lowest BCUT2D eigenvalue weighted by molar-refractivity contribution is -0.126. The van der Waals surface area contributed by atoms with Gasteiger partial charge in [-0.05, 0) is 19.0 Å². The van der Waals surface area contributed by atoms with Gasteiger partial charge < -0.3 is 9.80 Å². The molecule has 0 aromatic carbocycles. The van der Waals surface area contributed by atoms with Crippen molar-refractivity contribution in [1.29, 1.82) is 0 Å². The number of hydrogen-bond acceptors (Lipinski definition) is 2. The van der Waals surface area contributed by atoms with Crippen LogP contribution in [0.1, 0.15) is 25.7 Å². The first-order valence-corrected chi connectivity index (χ1v) is 5.31. The monoisotopic (exact) mass is 210 g/mol. The molecule has 4 nitrogen and oxygen atoms in total. The van der Waals surface area contributed by atoms with Gasteiger partial charge in [-0.15, -0.1) is 0 Å². The predicted octanol–water partition coefficient (Wildman–Crippen LogP) is 0.991. The van der Waals surface area contributed by atoms with Crippen LogP contribution in [0.5, 0.6) is 0 Å². The van der Waals surface area contributed by atoms with Gasteiger partial charge in [0.2, 0.25) is 11.8 Å². The zero-order chi connectivity index (χ0) is 11.3. The molecule has 0 radical (unpaired) electrons. The number of hydrogen-bond donors (Lipinski definition) is 0. The third kappa shape index (κ3) is 3.38. The van der Waals surface area contributed by atoms with E-state index in [9.17, 15) is 9.59 Å². The van der Waals surface area contributed by atoms with E-state index < -0.39 is 0 Å². The van der Waals surface area contributed by atoms with Gasteiger partial charge in [0.1, 0.15) is 0 Å². The molecule has 0 aliphatic carbocycles. The van der Waals surface area contributed by atoms with E-state index in [1.165, 1.54) is 0 Å². The van der Waals surface area contributed by atoms with Crippen LogP contribution in [0.4, 0.5) is 0 Å². The van der Waals surface area contributed by atoms with Crippen LogP contribution in [0.25, 0.3) is 0 Å². The first kappa shape index (κ1) is 11.8. The van der Waals surface area contributed by atoms with E-state index in [0.29, 0.717) is 12.3 Å². The Morgan fingerprint density at radius 3 is 1.93 bits per heavy atom. The fraction of sp³-hybridized carbons (Fsp3) is 0.636. The number of likely N-dealkylation sites (tertiary alicyclic amines) is 2. The van der Waals surface area contributed by atoms with E-state index in [0.717, 1.165) is 32.4 Å². The molecule has 0 saturated carbocycles. The van der Waals surface area contributed by atoms with E-state index in [1.807, 2.05) is 7.05 Å². The molecule has 4 heteroatoms. The van der Waals surface area contributed by atoms with Gasteiger partial charge in [0, 0.05) is 33.0 Å². The second kappa shape index (κ2) is 5.53. The van der Waals surface area contributed by atoms with Crippen LogP contribution in [0.2, 0.25) is 0 Å². The molecule has 0 unspecified atom stereocenters. The van der Waals surface area contributed by atoms with Crippen LogP contribution < -0.4 is 0 Å². The summed E-state index contributed by atoms with van der Waals surface area (Å²) in [7, 11) is 1.84. The molecule has 2 fully saturated rings. The van der Waals surface area contributed by atoms with Crippen LogP contribution in [0.3, 0.4) is 0 Å². The minimum absolute atomic E-state index is 0.208. The van der Waals surface area contributed by atoms with Crippen LogP contribution in [0, 0.1) is 0 Å². The van der Waals surface area contributed by atoms with E-state index >= 15 is 0 Å². The van der Waals surface area contributed by atoms with Gasteiger partial charge in [-0.1, -0.05) is 6.58 Å². The zero-order valence-corrected chi connectivity index (χ0v) is 9.24. The summed E-state index contributed by atoms with van der Waals surface area (Å²) in [6.07, 6.45) is 5.10. The van der Waals surface area contributed by atoms with Crippen molar-refractivity contribution in [3.8, 4) is 0 Å². The zero-order valence-electron chi connectivity index (χ0n) is 9.24. The second-order valence-electron chi connectivity index (χ2n) is 3.79. The molecule has 2 rings (SSSR count). The highest BCUT2D eigenvalue weighted by molar-refractivity contribution is 5.79. The predicted molar refractivity (Wildman–Crippen MR) is 58.0 cm³/mol. The topological polar surface area (TPSA) is 40.6 Å². The molecule has 84 valence electrons. The molecule has 15 heavy (non-hydrogen) atoms. The summed E-state index contributed by atoms with van der Waals surface area (Å²) in [4.78, 5) is 24.6. The Hall–Kier alpha value is -1.32. The molecule has 0 spiro atoms. The number of carbonyl (C=O) groups excluding carboxylic acids is 2. The molecule has 2 aliphatic rings. The number of nitrogens with zero attached hydrogens (tertiary/aromatic N) is 2. The van der Waals surface area contributed by atoms with Crippen molar-refractivity contribution in [2.45, 2.75) is 25.7 Å². The molecule has 2 heterocycles. The second-order valence-corrected chi connectivity index (χ2v) is 3.79. The van der Waals surface area contributed by atoms with Crippen molar-refractivity contribution in [3.63, 3.8) is 0 Å². The van der Waals surface area contributed by atoms with Gasteiger partial charge in [0.05, 0.1) is 0 Å². The Kier molecular flexibility index (Phi) is 4.34.